The van der Waals surface area contributed by atoms with Crippen LogP contribution in [0.25, 0.3) is 0 Å². The van der Waals surface area contributed by atoms with Crippen molar-refractivity contribution in [2.45, 2.75) is 39.0 Å². The predicted octanol–water partition coefficient (Wildman–Crippen LogP) is 2.52. The highest BCUT2D eigenvalue weighted by molar-refractivity contribution is 14.0. The predicted molar refractivity (Wildman–Crippen MR) is 130 cm³/mol. The van der Waals surface area contributed by atoms with Gasteiger partial charge in [-0.15, -0.1) is 34.2 Å². The molecule has 172 valence electrons. The third kappa shape index (κ3) is 6.70. The first-order valence-electron chi connectivity index (χ1n) is 10.2. The van der Waals surface area contributed by atoms with Gasteiger partial charge in [0.15, 0.2) is 11.8 Å². The van der Waals surface area contributed by atoms with Crippen LogP contribution in [0.4, 0.5) is 0 Å². The van der Waals surface area contributed by atoms with Gasteiger partial charge in [-0.3, -0.25) is 0 Å². The number of hydrogen-bond acceptors (Lipinski definition) is 6. The zero-order valence-electron chi connectivity index (χ0n) is 18.9. The maximum atomic E-state index is 5.75. The quantitative estimate of drug-likeness (QED) is 0.311. The fourth-order valence-electron chi connectivity index (χ4n) is 3.37. The van der Waals surface area contributed by atoms with Gasteiger partial charge in [0.1, 0.15) is 23.9 Å². The molecule has 1 N–H and O–H groups in total. The molecule has 2 aromatic rings. The van der Waals surface area contributed by atoms with E-state index in [0.717, 1.165) is 60.7 Å². The third-order valence-corrected chi connectivity index (χ3v) is 5.33. The second kappa shape index (κ2) is 12.1. The van der Waals surface area contributed by atoms with Crippen molar-refractivity contribution in [2.24, 2.45) is 12.0 Å². The SMILES string of the molecule is COc1ccc(CN(C)C(=NCc2nnc(C)n2C)NCC2CCCO2)c(OC)c1.I. The number of benzene rings is 1. The lowest BCUT2D eigenvalue weighted by Crippen LogP contribution is -2.42. The number of halogens is 1. The summed E-state index contributed by atoms with van der Waals surface area (Å²) in [5.74, 6) is 4.01. The molecule has 1 atom stereocenters. The van der Waals surface area contributed by atoms with Crippen LogP contribution in [-0.2, 0) is 24.9 Å². The number of nitrogens with zero attached hydrogens (tertiary/aromatic N) is 5. The first kappa shape index (κ1) is 25.2. The Labute approximate surface area is 201 Å². The highest BCUT2D eigenvalue weighted by atomic mass is 127. The van der Waals surface area contributed by atoms with Gasteiger partial charge in [0.05, 0.1) is 20.3 Å². The number of methoxy groups -OCH3 is 2. The minimum Gasteiger partial charge on any atom is -0.497 e. The molecule has 1 unspecified atom stereocenters. The molecule has 0 spiro atoms. The number of ether oxygens (including phenoxy) is 3. The lowest BCUT2D eigenvalue weighted by Gasteiger charge is -2.24. The van der Waals surface area contributed by atoms with E-state index in [4.69, 9.17) is 19.2 Å². The Morgan fingerprint density at radius 1 is 1.32 bits per heavy atom. The molecule has 1 saturated heterocycles. The van der Waals surface area contributed by atoms with Crippen molar-refractivity contribution in [2.75, 3.05) is 34.4 Å². The van der Waals surface area contributed by atoms with E-state index in [0.29, 0.717) is 13.1 Å². The van der Waals surface area contributed by atoms with Crippen molar-refractivity contribution in [1.82, 2.24) is 25.0 Å². The summed E-state index contributed by atoms with van der Waals surface area (Å²) in [6.45, 7) is 4.55. The molecule has 1 aromatic heterocycles. The van der Waals surface area contributed by atoms with Gasteiger partial charge in [-0.25, -0.2) is 4.99 Å². The van der Waals surface area contributed by atoms with Gasteiger partial charge >= 0.3 is 0 Å². The van der Waals surface area contributed by atoms with E-state index in [-0.39, 0.29) is 30.1 Å². The summed E-state index contributed by atoms with van der Waals surface area (Å²) in [6.07, 6.45) is 2.39. The summed E-state index contributed by atoms with van der Waals surface area (Å²) in [5, 5.41) is 11.8. The van der Waals surface area contributed by atoms with Crippen molar-refractivity contribution in [3.05, 3.63) is 35.4 Å². The Kier molecular flexibility index (Phi) is 9.82. The van der Waals surface area contributed by atoms with Crippen LogP contribution in [-0.4, -0.2) is 66.1 Å². The van der Waals surface area contributed by atoms with E-state index < -0.39 is 0 Å². The normalized spacial score (nSPS) is 16.0. The molecule has 2 heterocycles. The van der Waals surface area contributed by atoms with Crippen LogP contribution in [0.3, 0.4) is 0 Å². The van der Waals surface area contributed by atoms with E-state index in [1.54, 1.807) is 14.2 Å². The van der Waals surface area contributed by atoms with Gasteiger partial charge in [0.25, 0.3) is 0 Å². The van der Waals surface area contributed by atoms with E-state index >= 15 is 0 Å². The van der Waals surface area contributed by atoms with E-state index in [9.17, 15) is 0 Å². The largest absolute Gasteiger partial charge is 0.497 e. The standard InChI is InChI=1S/C21H32N6O3.HI/c1-15-24-25-20(27(15)3)13-23-21(22-12-18-7-6-10-30-18)26(2)14-16-8-9-17(28-4)11-19(16)29-5;/h8-9,11,18H,6-7,10,12-14H2,1-5H3,(H,22,23);1H. The van der Waals surface area contributed by atoms with Crippen molar-refractivity contribution < 1.29 is 14.2 Å². The van der Waals surface area contributed by atoms with Crippen LogP contribution >= 0.6 is 24.0 Å². The minimum absolute atomic E-state index is 0. The molecular formula is C21H33IN6O3. The second-order valence-corrected chi connectivity index (χ2v) is 7.41. The molecule has 0 amide bonds. The van der Waals surface area contributed by atoms with Gasteiger partial charge < -0.3 is 29.0 Å². The lowest BCUT2D eigenvalue weighted by molar-refractivity contribution is 0.113. The summed E-state index contributed by atoms with van der Waals surface area (Å²) in [5.41, 5.74) is 1.04. The number of hydrogen-bond donors (Lipinski definition) is 1. The number of aryl methyl sites for hydroxylation is 1. The van der Waals surface area contributed by atoms with E-state index in [2.05, 4.69) is 20.4 Å². The van der Waals surface area contributed by atoms with Crippen molar-refractivity contribution in [1.29, 1.82) is 0 Å². The molecule has 1 aliphatic heterocycles. The Balaban J connectivity index is 0.00000341. The van der Waals surface area contributed by atoms with Crippen LogP contribution in [0.15, 0.2) is 23.2 Å². The van der Waals surface area contributed by atoms with Crippen molar-refractivity contribution in [3.63, 3.8) is 0 Å². The van der Waals surface area contributed by atoms with Crippen molar-refractivity contribution >= 4 is 29.9 Å². The van der Waals surface area contributed by atoms with Crippen LogP contribution in [0, 0.1) is 6.92 Å². The fraction of sp³-hybridized carbons (Fsp3) is 0.571. The molecule has 1 fully saturated rings. The number of aromatic nitrogens is 3. The van der Waals surface area contributed by atoms with E-state index in [1.165, 1.54) is 0 Å². The number of aliphatic imine (C=N–C) groups is 1. The van der Waals surface area contributed by atoms with Gasteiger partial charge in [0, 0.05) is 45.4 Å². The molecule has 10 heteroatoms. The highest BCUT2D eigenvalue weighted by Gasteiger charge is 2.18. The minimum atomic E-state index is 0. The summed E-state index contributed by atoms with van der Waals surface area (Å²) in [4.78, 5) is 6.87. The Morgan fingerprint density at radius 3 is 2.74 bits per heavy atom. The molecule has 0 aliphatic carbocycles. The van der Waals surface area contributed by atoms with E-state index in [1.807, 2.05) is 43.8 Å². The summed E-state index contributed by atoms with van der Waals surface area (Å²) < 4.78 is 18.6. The molecular weight excluding hydrogens is 511 g/mol. The number of guanidine groups is 1. The molecule has 9 nitrogen and oxygen atoms in total. The van der Waals surface area contributed by atoms with Crippen LogP contribution in [0.1, 0.15) is 30.1 Å². The summed E-state index contributed by atoms with van der Waals surface area (Å²) in [7, 11) is 7.27. The first-order chi connectivity index (χ1) is 14.5. The molecule has 1 aliphatic rings. The maximum absolute atomic E-state index is 5.75. The van der Waals surface area contributed by atoms with Crippen LogP contribution in [0.2, 0.25) is 0 Å². The zero-order valence-corrected chi connectivity index (χ0v) is 21.3. The average molecular weight is 544 g/mol. The summed E-state index contributed by atoms with van der Waals surface area (Å²) in [6, 6.07) is 5.84. The topological polar surface area (TPSA) is 86.0 Å². The highest BCUT2D eigenvalue weighted by Crippen LogP contribution is 2.25. The Hall–Kier alpha value is -2.08. The van der Waals surface area contributed by atoms with Gasteiger partial charge in [-0.2, -0.15) is 0 Å². The second-order valence-electron chi connectivity index (χ2n) is 7.41. The van der Waals surface area contributed by atoms with Gasteiger partial charge in [-0.1, -0.05) is 0 Å². The number of rotatable bonds is 8. The first-order valence-corrected chi connectivity index (χ1v) is 10.2. The lowest BCUT2D eigenvalue weighted by atomic mass is 10.2. The van der Waals surface area contributed by atoms with Gasteiger partial charge in [0.2, 0.25) is 0 Å². The smallest absolute Gasteiger partial charge is 0.194 e. The third-order valence-electron chi connectivity index (χ3n) is 5.33. The maximum Gasteiger partial charge on any atom is 0.194 e. The summed E-state index contributed by atoms with van der Waals surface area (Å²) >= 11 is 0. The number of nitrogens with one attached hydrogen (secondary N) is 1. The molecule has 0 bridgehead atoms. The molecule has 0 radical (unpaired) electrons. The fourth-order valence-corrected chi connectivity index (χ4v) is 3.37. The van der Waals surface area contributed by atoms with Crippen LogP contribution in [0.5, 0.6) is 11.5 Å². The van der Waals surface area contributed by atoms with Crippen molar-refractivity contribution in [3.8, 4) is 11.5 Å². The molecule has 1 aromatic carbocycles. The monoisotopic (exact) mass is 544 g/mol. The van der Waals surface area contributed by atoms with Gasteiger partial charge in [-0.05, 0) is 31.9 Å². The molecule has 0 saturated carbocycles. The van der Waals surface area contributed by atoms with Crippen LogP contribution < -0.4 is 14.8 Å². The molecule has 31 heavy (non-hydrogen) atoms. The molecule has 3 rings (SSSR count). The Bertz CT molecular complexity index is 867. The Morgan fingerprint density at radius 2 is 2.13 bits per heavy atom. The zero-order chi connectivity index (χ0) is 21.5. The average Bonchev–Trinajstić information content (AvgIpc) is 3.39.